The molecule has 2 rings (SSSR count). The number of benzene rings is 2. The van der Waals surface area contributed by atoms with Gasteiger partial charge in [0.25, 0.3) is 5.91 Å². The van der Waals surface area contributed by atoms with Crippen LogP contribution in [0.4, 0.5) is 5.69 Å². The van der Waals surface area contributed by atoms with Gasteiger partial charge in [0.15, 0.2) is 11.5 Å². The number of nitrogens with one attached hydrogen (secondary N) is 1. The van der Waals surface area contributed by atoms with Gasteiger partial charge in [-0.15, -0.1) is 0 Å². The number of ether oxygens (including phenoxy) is 2. The number of halogens is 1. The van der Waals surface area contributed by atoms with E-state index < -0.39 is 0 Å². The lowest BCUT2D eigenvalue weighted by molar-refractivity contribution is 0.102. The summed E-state index contributed by atoms with van der Waals surface area (Å²) in [5.74, 6) is 1.15. The fourth-order valence-electron chi connectivity index (χ4n) is 2.50. The average Bonchev–Trinajstić information content (AvgIpc) is 2.57. The normalized spacial score (nSPS) is 10.4. The SMILES string of the molecule is CCCOc1c(I)cc(C(=O)Nc2c(C)cccc2C)cc1OCC. The molecule has 25 heavy (non-hydrogen) atoms. The molecule has 0 radical (unpaired) electrons. The number of carbonyl (C=O) groups excluding carboxylic acids is 1. The van der Waals surface area contributed by atoms with Crippen molar-refractivity contribution < 1.29 is 14.3 Å². The molecule has 0 aliphatic rings. The first-order chi connectivity index (χ1) is 12.0. The number of para-hydroxylation sites is 1. The van der Waals surface area contributed by atoms with Crippen LogP contribution in [0.3, 0.4) is 0 Å². The molecule has 2 aromatic rings. The largest absolute Gasteiger partial charge is 0.490 e. The van der Waals surface area contributed by atoms with Crippen molar-refractivity contribution in [3.63, 3.8) is 0 Å². The average molecular weight is 453 g/mol. The van der Waals surface area contributed by atoms with Gasteiger partial charge >= 0.3 is 0 Å². The molecule has 0 bridgehead atoms. The molecule has 5 heteroatoms. The van der Waals surface area contributed by atoms with Crippen LogP contribution in [0.1, 0.15) is 41.8 Å². The molecule has 0 saturated carbocycles. The van der Waals surface area contributed by atoms with E-state index in [2.05, 4.69) is 34.8 Å². The second-order valence-electron chi connectivity index (χ2n) is 5.79. The Labute approximate surface area is 163 Å². The minimum atomic E-state index is -0.154. The fraction of sp³-hybridized carbons (Fsp3) is 0.350. The zero-order chi connectivity index (χ0) is 18.4. The first-order valence-electron chi connectivity index (χ1n) is 8.44. The van der Waals surface area contributed by atoms with Gasteiger partial charge in [-0.2, -0.15) is 0 Å². The van der Waals surface area contributed by atoms with E-state index in [-0.39, 0.29) is 5.91 Å². The molecule has 0 aromatic heterocycles. The molecule has 1 amide bonds. The standard InChI is InChI=1S/C20H24INO3/c1-5-10-25-19-16(21)11-15(12-17(19)24-6-2)20(23)22-18-13(3)8-7-9-14(18)4/h7-9,11-12H,5-6,10H2,1-4H3,(H,22,23). The van der Waals surface area contributed by atoms with Crippen LogP contribution in [-0.4, -0.2) is 19.1 Å². The Morgan fingerprint density at radius 3 is 2.40 bits per heavy atom. The van der Waals surface area contributed by atoms with Crippen molar-refractivity contribution in [2.45, 2.75) is 34.1 Å². The smallest absolute Gasteiger partial charge is 0.255 e. The summed E-state index contributed by atoms with van der Waals surface area (Å²) >= 11 is 2.18. The van der Waals surface area contributed by atoms with Crippen LogP contribution in [0.15, 0.2) is 30.3 Å². The highest BCUT2D eigenvalue weighted by molar-refractivity contribution is 14.1. The minimum absolute atomic E-state index is 0.154. The predicted octanol–water partition coefficient (Wildman–Crippen LogP) is 5.35. The van der Waals surface area contributed by atoms with Crippen molar-refractivity contribution in [2.24, 2.45) is 0 Å². The van der Waals surface area contributed by atoms with Gasteiger partial charge in [-0.05, 0) is 73.0 Å². The minimum Gasteiger partial charge on any atom is -0.490 e. The van der Waals surface area contributed by atoms with E-state index in [1.807, 2.05) is 45.0 Å². The molecular formula is C20H24INO3. The highest BCUT2D eigenvalue weighted by Crippen LogP contribution is 2.35. The summed E-state index contributed by atoms with van der Waals surface area (Å²) in [6, 6.07) is 9.53. The quantitative estimate of drug-likeness (QED) is 0.576. The molecule has 0 fully saturated rings. The lowest BCUT2D eigenvalue weighted by Gasteiger charge is -2.16. The Bertz CT molecular complexity index is 739. The summed E-state index contributed by atoms with van der Waals surface area (Å²) in [5.41, 5.74) is 3.48. The maximum absolute atomic E-state index is 12.7. The Balaban J connectivity index is 2.33. The number of hydrogen-bond acceptors (Lipinski definition) is 3. The van der Waals surface area contributed by atoms with Crippen molar-refractivity contribution >= 4 is 34.2 Å². The molecule has 0 aliphatic heterocycles. The van der Waals surface area contributed by atoms with Crippen LogP contribution in [0, 0.1) is 17.4 Å². The Morgan fingerprint density at radius 2 is 1.80 bits per heavy atom. The molecule has 1 N–H and O–H groups in total. The second kappa shape index (κ2) is 9.08. The van der Waals surface area contributed by atoms with E-state index in [1.165, 1.54) is 0 Å². The third-order valence-electron chi connectivity index (χ3n) is 3.74. The van der Waals surface area contributed by atoms with Crippen LogP contribution in [0.2, 0.25) is 0 Å². The van der Waals surface area contributed by atoms with Crippen molar-refractivity contribution in [1.29, 1.82) is 0 Å². The Morgan fingerprint density at radius 1 is 1.12 bits per heavy atom. The van der Waals surface area contributed by atoms with Gasteiger partial charge in [0, 0.05) is 11.3 Å². The molecule has 0 heterocycles. The van der Waals surface area contributed by atoms with Crippen LogP contribution in [0.25, 0.3) is 0 Å². The first kappa shape index (κ1) is 19.6. The molecule has 134 valence electrons. The summed E-state index contributed by atoms with van der Waals surface area (Å²) in [6.45, 7) is 9.07. The highest BCUT2D eigenvalue weighted by Gasteiger charge is 2.17. The number of rotatable bonds is 7. The summed E-state index contributed by atoms with van der Waals surface area (Å²) in [5, 5.41) is 3.02. The number of carbonyl (C=O) groups is 1. The molecule has 4 nitrogen and oxygen atoms in total. The van der Waals surface area contributed by atoms with Crippen LogP contribution < -0.4 is 14.8 Å². The van der Waals surface area contributed by atoms with Crippen molar-refractivity contribution in [1.82, 2.24) is 0 Å². The lowest BCUT2D eigenvalue weighted by Crippen LogP contribution is -2.15. The fourth-order valence-corrected chi connectivity index (χ4v) is 3.26. The molecule has 0 aliphatic carbocycles. The first-order valence-corrected chi connectivity index (χ1v) is 9.52. The maximum atomic E-state index is 12.7. The van der Waals surface area contributed by atoms with Gasteiger partial charge in [-0.3, -0.25) is 4.79 Å². The maximum Gasteiger partial charge on any atom is 0.255 e. The van der Waals surface area contributed by atoms with Gasteiger partial charge in [0.05, 0.1) is 16.8 Å². The molecular weight excluding hydrogens is 429 g/mol. The van der Waals surface area contributed by atoms with Gasteiger partial charge < -0.3 is 14.8 Å². The second-order valence-corrected chi connectivity index (χ2v) is 6.95. The topological polar surface area (TPSA) is 47.6 Å². The van der Waals surface area contributed by atoms with Gasteiger partial charge in [0.2, 0.25) is 0 Å². The predicted molar refractivity (Wildman–Crippen MR) is 110 cm³/mol. The molecule has 0 saturated heterocycles. The summed E-state index contributed by atoms with van der Waals surface area (Å²) in [6.07, 6.45) is 0.913. The molecule has 0 spiro atoms. The van der Waals surface area contributed by atoms with Crippen molar-refractivity contribution in [2.75, 3.05) is 18.5 Å². The van der Waals surface area contributed by atoms with E-state index in [9.17, 15) is 4.79 Å². The number of amides is 1. The summed E-state index contributed by atoms with van der Waals surface area (Å²) in [4.78, 5) is 12.7. The zero-order valence-electron chi connectivity index (χ0n) is 15.1. The monoisotopic (exact) mass is 453 g/mol. The van der Waals surface area contributed by atoms with Crippen molar-refractivity contribution in [3.05, 3.63) is 50.6 Å². The van der Waals surface area contributed by atoms with Gasteiger partial charge in [0.1, 0.15) is 0 Å². The molecule has 2 aromatic carbocycles. The number of aryl methyl sites for hydroxylation is 2. The highest BCUT2D eigenvalue weighted by atomic mass is 127. The number of hydrogen-bond donors (Lipinski definition) is 1. The Kier molecular flexibility index (Phi) is 7.11. The molecule has 0 atom stereocenters. The molecule has 0 unspecified atom stereocenters. The van der Waals surface area contributed by atoms with E-state index in [4.69, 9.17) is 9.47 Å². The van der Waals surface area contributed by atoms with Crippen molar-refractivity contribution in [3.8, 4) is 11.5 Å². The van der Waals surface area contributed by atoms with E-state index in [0.29, 0.717) is 30.3 Å². The lowest BCUT2D eigenvalue weighted by atomic mass is 10.1. The third-order valence-corrected chi connectivity index (χ3v) is 4.54. The van der Waals surface area contributed by atoms with Crippen LogP contribution in [0.5, 0.6) is 11.5 Å². The summed E-state index contributed by atoms with van der Waals surface area (Å²) < 4.78 is 12.4. The summed E-state index contributed by atoms with van der Waals surface area (Å²) in [7, 11) is 0. The van der Waals surface area contributed by atoms with Gasteiger partial charge in [-0.25, -0.2) is 0 Å². The zero-order valence-corrected chi connectivity index (χ0v) is 17.3. The van der Waals surface area contributed by atoms with E-state index >= 15 is 0 Å². The van der Waals surface area contributed by atoms with E-state index in [0.717, 1.165) is 26.8 Å². The van der Waals surface area contributed by atoms with E-state index in [1.54, 1.807) is 6.07 Å². The van der Waals surface area contributed by atoms with Crippen LogP contribution in [-0.2, 0) is 0 Å². The van der Waals surface area contributed by atoms with Crippen LogP contribution >= 0.6 is 22.6 Å². The number of anilines is 1. The Hall–Kier alpha value is -1.76. The third kappa shape index (κ3) is 4.87. The van der Waals surface area contributed by atoms with Gasteiger partial charge in [-0.1, -0.05) is 25.1 Å².